The minimum absolute atomic E-state index is 0.658. The van der Waals surface area contributed by atoms with E-state index in [0.29, 0.717) is 6.04 Å². The van der Waals surface area contributed by atoms with Gasteiger partial charge in [-0.05, 0) is 46.2 Å². The number of hydrogen-bond donors (Lipinski definition) is 1. The molecule has 1 aliphatic rings. The van der Waals surface area contributed by atoms with Crippen LogP contribution in [0.15, 0.2) is 0 Å². The van der Waals surface area contributed by atoms with E-state index in [4.69, 9.17) is 4.74 Å². The van der Waals surface area contributed by atoms with Crippen LogP contribution in [0.3, 0.4) is 0 Å². The Morgan fingerprint density at radius 2 is 2.00 bits per heavy atom. The Bertz CT molecular complexity index is 193. The van der Waals surface area contributed by atoms with Crippen LogP contribution in [0.2, 0.25) is 0 Å². The molecule has 0 spiro atoms. The minimum atomic E-state index is 0.658. The van der Waals surface area contributed by atoms with Crippen molar-refractivity contribution in [3.05, 3.63) is 0 Å². The zero-order valence-corrected chi connectivity index (χ0v) is 12.6. The molecule has 1 rings (SSSR count). The molecule has 1 unspecified atom stereocenters. The van der Waals surface area contributed by atoms with E-state index >= 15 is 0 Å². The van der Waals surface area contributed by atoms with Gasteiger partial charge in [0.05, 0.1) is 0 Å². The van der Waals surface area contributed by atoms with Gasteiger partial charge in [-0.2, -0.15) is 0 Å². The lowest BCUT2D eigenvalue weighted by molar-refractivity contribution is 0.138. The molecule has 0 amide bonds. The predicted molar refractivity (Wildman–Crippen MR) is 78.1 cm³/mol. The van der Waals surface area contributed by atoms with E-state index < -0.39 is 0 Å². The van der Waals surface area contributed by atoms with E-state index in [1.807, 2.05) is 0 Å². The van der Waals surface area contributed by atoms with Crippen molar-refractivity contribution in [3.63, 3.8) is 0 Å². The maximum atomic E-state index is 5.34. The number of nitrogens with one attached hydrogen (secondary N) is 1. The second kappa shape index (κ2) is 9.76. The van der Waals surface area contributed by atoms with Gasteiger partial charge in [-0.1, -0.05) is 19.8 Å². The van der Waals surface area contributed by atoms with Gasteiger partial charge in [-0.15, -0.1) is 0 Å². The minimum Gasteiger partial charge on any atom is -0.382 e. The summed E-state index contributed by atoms with van der Waals surface area (Å²) in [4.78, 5) is 2.68. The topological polar surface area (TPSA) is 24.5 Å². The number of nitrogens with zero attached hydrogens (tertiary/aromatic N) is 1. The largest absolute Gasteiger partial charge is 0.382 e. The normalized spacial score (nSPS) is 18.7. The Balaban J connectivity index is 2.11. The molecule has 1 fully saturated rings. The fraction of sp³-hybridized carbons (Fsp3) is 1.00. The van der Waals surface area contributed by atoms with Crippen molar-refractivity contribution < 1.29 is 4.74 Å². The second-order valence-electron chi connectivity index (χ2n) is 5.37. The Morgan fingerprint density at radius 1 is 1.28 bits per heavy atom. The van der Waals surface area contributed by atoms with E-state index in [2.05, 4.69) is 31.0 Å². The lowest BCUT2D eigenvalue weighted by Gasteiger charge is -2.33. The Labute approximate surface area is 113 Å². The Morgan fingerprint density at radius 3 is 2.61 bits per heavy atom. The lowest BCUT2D eigenvalue weighted by Crippen LogP contribution is -2.45. The first-order valence-corrected chi connectivity index (χ1v) is 7.83. The molecule has 1 N–H and O–H groups in total. The highest BCUT2D eigenvalue weighted by atomic mass is 16.5. The van der Waals surface area contributed by atoms with Gasteiger partial charge in [-0.25, -0.2) is 0 Å². The number of likely N-dealkylation sites (N-methyl/N-ethyl adjacent to an activating group) is 1. The summed E-state index contributed by atoms with van der Waals surface area (Å²) in [7, 11) is 0. The summed E-state index contributed by atoms with van der Waals surface area (Å²) in [6, 6.07) is 1.50. The first kappa shape index (κ1) is 15.9. The molecule has 0 heterocycles. The van der Waals surface area contributed by atoms with Crippen molar-refractivity contribution >= 4 is 0 Å². The van der Waals surface area contributed by atoms with Crippen molar-refractivity contribution in [2.45, 2.75) is 65.0 Å². The first-order valence-electron chi connectivity index (χ1n) is 7.83. The van der Waals surface area contributed by atoms with Gasteiger partial charge in [0, 0.05) is 31.8 Å². The second-order valence-corrected chi connectivity index (χ2v) is 5.37. The molecule has 0 aliphatic heterocycles. The van der Waals surface area contributed by atoms with Crippen LogP contribution < -0.4 is 5.32 Å². The average molecular weight is 256 g/mol. The molecule has 0 aromatic rings. The summed E-state index contributed by atoms with van der Waals surface area (Å²) in [5.74, 6) is 0. The zero-order valence-electron chi connectivity index (χ0n) is 12.6. The van der Waals surface area contributed by atoms with Crippen LogP contribution in [-0.4, -0.2) is 49.8 Å². The van der Waals surface area contributed by atoms with Crippen LogP contribution in [-0.2, 0) is 4.74 Å². The van der Waals surface area contributed by atoms with Crippen LogP contribution in [0.4, 0.5) is 0 Å². The molecule has 1 atom stereocenters. The lowest BCUT2D eigenvalue weighted by atomic mass is 10.1. The van der Waals surface area contributed by atoms with Crippen LogP contribution in [0, 0.1) is 0 Å². The SMILES string of the molecule is CCOCCCNCC(C)N(CC)C1CCCC1. The third-order valence-electron chi connectivity index (χ3n) is 4.01. The van der Waals surface area contributed by atoms with Crippen LogP contribution >= 0.6 is 0 Å². The van der Waals surface area contributed by atoms with Gasteiger partial charge < -0.3 is 10.1 Å². The van der Waals surface area contributed by atoms with Crippen molar-refractivity contribution in [1.82, 2.24) is 10.2 Å². The van der Waals surface area contributed by atoms with Gasteiger partial charge in [-0.3, -0.25) is 4.90 Å². The van der Waals surface area contributed by atoms with Gasteiger partial charge >= 0.3 is 0 Å². The van der Waals surface area contributed by atoms with E-state index in [-0.39, 0.29) is 0 Å². The van der Waals surface area contributed by atoms with Gasteiger partial charge in [0.15, 0.2) is 0 Å². The van der Waals surface area contributed by atoms with Crippen molar-refractivity contribution in [1.29, 1.82) is 0 Å². The summed E-state index contributed by atoms with van der Waals surface area (Å²) in [5.41, 5.74) is 0. The highest BCUT2D eigenvalue weighted by Crippen LogP contribution is 2.24. The maximum Gasteiger partial charge on any atom is 0.0477 e. The van der Waals surface area contributed by atoms with Gasteiger partial charge in [0.25, 0.3) is 0 Å². The average Bonchev–Trinajstić information content (AvgIpc) is 2.88. The monoisotopic (exact) mass is 256 g/mol. The number of rotatable bonds is 10. The van der Waals surface area contributed by atoms with Gasteiger partial charge in [0.1, 0.15) is 0 Å². The molecule has 0 aromatic heterocycles. The molecule has 108 valence electrons. The van der Waals surface area contributed by atoms with E-state index in [1.54, 1.807) is 0 Å². The number of ether oxygens (including phenoxy) is 1. The summed E-state index contributed by atoms with van der Waals surface area (Å²) >= 11 is 0. The summed E-state index contributed by atoms with van der Waals surface area (Å²) in [5, 5.41) is 3.56. The Hall–Kier alpha value is -0.120. The quantitative estimate of drug-likeness (QED) is 0.608. The molecule has 0 aromatic carbocycles. The molecule has 0 saturated heterocycles. The summed E-state index contributed by atoms with van der Waals surface area (Å²) in [6.07, 6.45) is 6.78. The molecular weight excluding hydrogens is 224 g/mol. The van der Waals surface area contributed by atoms with Crippen LogP contribution in [0.25, 0.3) is 0 Å². The smallest absolute Gasteiger partial charge is 0.0477 e. The molecule has 1 saturated carbocycles. The molecular formula is C15H32N2O. The standard InChI is InChI=1S/C15H32N2O/c1-4-17(15-9-6-7-10-15)14(3)13-16-11-8-12-18-5-2/h14-16H,4-13H2,1-3H3. The van der Waals surface area contributed by atoms with Crippen LogP contribution in [0.1, 0.15) is 52.9 Å². The molecule has 18 heavy (non-hydrogen) atoms. The molecule has 3 heteroatoms. The van der Waals surface area contributed by atoms with E-state index in [0.717, 1.165) is 38.8 Å². The van der Waals surface area contributed by atoms with E-state index in [9.17, 15) is 0 Å². The molecule has 1 aliphatic carbocycles. The fourth-order valence-corrected chi connectivity index (χ4v) is 3.04. The highest BCUT2D eigenvalue weighted by Gasteiger charge is 2.24. The van der Waals surface area contributed by atoms with Crippen LogP contribution in [0.5, 0.6) is 0 Å². The summed E-state index contributed by atoms with van der Waals surface area (Å²) < 4.78 is 5.34. The summed E-state index contributed by atoms with van der Waals surface area (Å²) in [6.45, 7) is 11.8. The third-order valence-corrected chi connectivity index (χ3v) is 4.01. The molecule has 0 radical (unpaired) electrons. The first-order chi connectivity index (χ1) is 8.79. The predicted octanol–water partition coefficient (Wildman–Crippen LogP) is 2.66. The fourth-order valence-electron chi connectivity index (χ4n) is 3.04. The van der Waals surface area contributed by atoms with Crippen molar-refractivity contribution in [2.75, 3.05) is 32.8 Å². The molecule has 3 nitrogen and oxygen atoms in total. The zero-order chi connectivity index (χ0) is 13.2. The highest BCUT2D eigenvalue weighted by molar-refractivity contribution is 4.81. The maximum absolute atomic E-state index is 5.34. The van der Waals surface area contributed by atoms with Crippen molar-refractivity contribution in [3.8, 4) is 0 Å². The van der Waals surface area contributed by atoms with Gasteiger partial charge in [0.2, 0.25) is 0 Å². The molecule has 0 bridgehead atoms. The number of hydrogen-bond acceptors (Lipinski definition) is 3. The van der Waals surface area contributed by atoms with Crippen molar-refractivity contribution in [2.24, 2.45) is 0 Å². The third kappa shape index (κ3) is 5.68. The Kier molecular flexibility index (Phi) is 8.64. The van der Waals surface area contributed by atoms with E-state index in [1.165, 1.54) is 32.2 Å².